The number of ether oxygens (including phenoxy) is 4. The number of hydrogen-bond donors (Lipinski definition) is 2. The number of rotatable bonds is 18. The molecule has 3 rings (SSSR count). The molecule has 3 fully saturated rings. The molecule has 0 aromatic carbocycles. The summed E-state index contributed by atoms with van der Waals surface area (Å²) in [6.07, 6.45) is 9.40. The van der Waals surface area contributed by atoms with Gasteiger partial charge in [0.05, 0.1) is 54.6 Å². The van der Waals surface area contributed by atoms with E-state index in [1.165, 1.54) is 6.42 Å². The van der Waals surface area contributed by atoms with Crippen LogP contribution >= 0.6 is 0 Å². The standard InChI is InChI=1S/C35H63NO8/c1-9-11-25(36(7)8)19-27-13-15-29(41-27)21(3)33(37)22(4)30-17-18-32(44-30)24(6)35(40)43-26(12-10-2)20-28-14-16-31(42-28)23(5)34(38)39/h21-33,37H,9-20H2,1-8H3,(H,38,39)/t21-,22-,23+,24-,25-,26+,27+,28+,29-,30+,31-,32-,33+/m1/s1. The van der Waals surface area contributed by atoms with Gasteiger partial charge in [-0.25, -0.2) is 0 Å². The highest BCUT2D eigenvalue weighted by molar-refractivity contribution is 5.73. The van der Waals surface area contributed by atoms with Gasteiger partial charge in [-0.05, 0) is 85.7 Å². The molecule has 9 heteroatoms. The van der Waals surface area contributed by atoms with Gasteiger partial charge in [0.1, 0.15) is 6.10 Å². The molecule has 13 atom stereocenters. The van der Waals surface area contributed by atoms with E-state index in [-0.39, 0.29) is 60.5 Å². The third-order valence-corrected chi connectivity index (χ3v) is 10.8. The smallest absolute Gasteiger partial charge is 0.311 e. The number of esters is 1. The van der Waals surface area contributed by atoms with Gasteiger partial charge in [0, 0.05) is 24.3 Å². The molecular formula is C35H63NO8. The fourth-order valence-electron chi connectivity index (χ4n) is 7.58. The van der Waals surface area contributed by atoms with Crippen LogP contribution in [0.4, 0.5) is 0 Å². The van der Waals surface area contributed by atoms with Gasteiger partial charge in [-0.1, -0.05) is 40.5 Å². The van der Waals surface area contributed by atoms with Crippen LogP contribution in [-0.4, -0.2) is 96.0 Å². The lowest BCUT2D eigenvalue weighted by atomic mass is 9.84. The van der Waals surface area contributed by atoms with Crippen molar-refractivity contribution in [3.63, 3.8) is 0 Å². The van der Waals surface area contributed by atoms with E-state index in [0.29, 0.717) is 18.9 Å². The highest BCUT2D eigenvalue weighted by Crippen LogP contribution is 2.37. The molecule has 256 valence electrons. The average Bonchev–Trinajstić information content (AvgIpc) is 3.76. The van der Waals surface area contributed by atoms with Crippen LogP contribution in [0.25, 0.3) is 0 Å². The van der Waals surface area contributed by atoms with Crippen LogP contribution < -0.4 is 0 Å². The second kappa shape index (κ2) is 17.6. The first kappa shape index (κ1) is 37.2. The van der Waals surface area contributed by atoms with E-state index in [4.69, 9.17) is 18.9 Å². The molecular weight excluding hydrogens is 562 g/mol. The number of nitrogens with zero attached hydrogens (tertiary/aromatic N) is 1. The SMILES string of the molecule is CCC[C@@H](C[C@@H]1CC[C@H]([C@H](C)C(=O)O)O1)OC(=O)[C@H](C)[C@H]1CC[C@@H]([C@@H](C)[C@@H](O)[C@H](C)[C@H]2CC[C@@H](C[C@@H](CCC)N(C)C)O2)O1. The molecule has 2 N–H and O–H groups in total. The van der Waals surface area contributed by atoms with Gasteiger partial charge in [0.25, 0.3) is 0 Å². The van der Waals surface area contributed by atoms with E-state index >= 15 is 0 Å². The summed E-state index contributed by atoms with van der Waals surface area (Å²) in [6, 6.07) is 0.522. The lowest BCUT2D eigenvalue weighted by Gasteiger charge is -2.33. The van der Waals surface area contributed by atoms with Crippen molar-refractivity contribution in [2.45, 2.75) is 173 Å². The minimum Gasteiger partial charge on any atom is -0.481 e. The van der Waals surface area contributed by atoms with Gasteiger partial charge >= 0.3 is 11.9 Å². The highest BCUT2D eigenvalue weighted by atomic mass is 16.6. The Balaban J connectivity index is 1.46. The zero-order chi connectivity index (χ0) is 32.6. The van der Waals surface area contributed by atoms with Crippen molar-refractivity contribution < 1.29 is 38.7 Å². The fourth-order valence-corrected chi connectivity index (χ4v) is 7.58. The molecule has 0 aromatic heterocycles. The molecule has 0 aliphatic carbocycles. The summed E-state index contributed by atoms with van der Waals surface area (Å²) in [5.74, 6) is -2.11. The number of aliphatic carboxylic acids is 1. The molecule has 0 amide bonds. The predicted molar refractivity (Wildman–Crippen MR) is 170 cm³/mol. The molecule has 9 nitrogen and oxygen atoms in total. The molecule has 0 aromatic rings. The third kappa shape index (κ3) is 10.1. The topological polar surface area (TPSA) is 115 Å². The Labute approximate surface area is 266 Å². The fraction of sp³-hybridized carbons (Fsp3) is 0.943. The maximum absolute atomic E-state index is 13.2. The van der Waals surface area contributed by atoms with Crippen LogP contribution in [0.1, 0.15) is 119 Å². The number of aliphatic hydroxyl groups is 1. The lowest BCUT2D eigenvalue weighted by molar-refractivity contribution is -0.162. The molecule has 3 aliphatic rings. The van der Waals surface area contributed by atoms with Gasteiger partial charge in [0.2, 0.25) is 0 Å². The Morgan fingerprint density at radius 3 is 1.84 bits per heavy atom. The number of carbonyl (C=O) groups is 2. The Hall–Kier alpha value is -1.26. The van der Waals surface area contributed by atoms with Crippen molar-refractivity contribution in [3.8, 4) is 0 Å². The molecule has 44 heavy (non-hydrogen) atoms. The lowest BCUT2D eigenvalue weighted by Crippen LogP contribution is -2.40. The first-order valence-corrected chi connectivity index (χ1v) is 17.6. The van der Waals surface area contributed by atoms with Crippen LogP contribution in [0, 0.1) is 23.7 Å². The van der Waals surface area contributed by atoms with Gasteiger partial charge in [0.15, 0.2) is 0 Å². The third-order valence-electron chi connectivity index (χ3n) is 10.8. The summed E-state index contributed by atoms with van der Waals surface area (Å²) >= 11 is 0. The Morgan fingerprint density at radius 1 is 0.750 bits per heavy atom. The monoisotopic (exact) mass is 625 g/mol. The predicted octanol–water partition coefficient (Wildman–Crippen LogP) is 5.84. The summed E-state index contributed by atoms with van der Waals surface area (Å²) in [6.45, 7) is 12.0. The first-order chi connectivity index (χ1) is 20.9. The largest absolute Gasteiger partial charge is 0.481 e. The number of carboxylic acids is 1. The number of aliphatic hydroxyl groups excluding tert-OH is 1. The Bertz CT molecular complexity index is 885. The molecule has 3 saturated heterocycles. The van der Waals surface area contributed by atoms with E-state index in [2.05, 4.69) is 46.7 Å². The maximum atomic E-state index is 13.2. The van der Waals surface area contributed by atoms with Gasteiger partial charge < -0.3 is 34.1 Å². The van der Waals surface area contributed by atoms with Gasteiger partial charge in [-0.3, -0.25) is 9.59 Å². The van der Waals surface area contributed by atoms with Crippen molar-refractivity contribution >= 4 is 11.9 Å². The van der Waals surface area contributed by atoms with E-state index in [9.17, 15) is 19.8 Å². The van der Waals surface area contributed by atoms with E-state index in [0.717, 1.165) is 57.8 Å². The molecule has 0 radical (unpaired) electrons. The minimum absolute atomic E-state index is 0.00899. The second-order valence-electron chi connectivity index (χ2n) is 14.4. The van der Waals surface area contributed by atoms with Crippen LogP contribution in [0.5, 0.6) is 0 Å². The van der Waals surface area contributed by atoms with Crippen LogP contribution in [-0.2, 0) is 28.5 Å². The molecule has 0 saturated carbocycles. The van der Waals surface area contributed by atoms with Crippen molar-refractivity contribution in [1.82, 2.24) is 4.90 Å². The summed E-state index contributed by atoms with van der Waals surface area (Å²) in [5, 5.41) is 20.7. The van der Waals surface area contributed by atoms with E-state index in [1.807, 2.05) is 6.92 Å². The molecule has 3 aliphatic heterocycles. The van der Waals surface area contributed by atoms with Crippen molar-refractivity contribution in [1.29, 1.82) is 0 Å². The quantitative estimate of drug-likeness (QED) is 0.181. The minimum atomic E-state index is -0.844. The van der Waals surface area contributed by atoms with Crippen molar-refractivity contribution in [2.24, 2.45) is 23.7 Å². The van der Waals surface area contributed by atoms with Crippen LogP contribution in [0.15, 0.2) is 0 Å². The zero-order valence-electron chi connectivity index (χ0n) is 28.8. The van der Waals surface area contributed by atoms with Gasteiger partial charge in [-0.2, -0.15) is 0 Å². The number of carbonyl (C=O) groups excluding carboxylic acids is 1. The van der Waals surface area contributed by atoms with Crippen LogP contribution in [0.2, 0.25) is 0 Å². The highest BCUT2D eigenvalue weighted by Gasteiger charge is 2.42. The molecule has 0 spiro atoms. The summed E-state index contributed by atoms with van der Waals surface area (Å²) in [7, 11) is 4.29. The molecule has 0 unspecified atom stereocenters. The summed E-state index contributed by atoms with van der Waals surface area (Å²) in [4.78, 5) is 26.9. The van der Waals surface area contributed by atoms with Crippen LogP contribution in [0.3, 0.4) is 0 Å². The Morgan fingerprint density at radius 2 is 1.25 bits per heavy atom. The summed E-state index contributed by atoms with van der Waals surface area (Å²) < 4.78 is 24.9. The molecule has 3 heterocycles. The van der Waals surface area contributed by atoms with Crippen molar-refractivity contribution in [2.75, 3.05) is 14.1 Å². The van der Waals surface area contributed by atoms with Crippen molar-refractivity contribution in [3.05, 3.63) is 0 Å². The average molecular weight is 626 g/mol. The van der Waals surface area contributed by atoms with E-state index in [1.54, 1.807) is 6.92 Å². The Kier molecular flexibility index (Phi) is 14.9. The van der Waals surface area contributed by atoms with Gasteiger partial charge in [-0.15, -0.1) is 0 Å². The number of carboxylic acid groups (broad SMARTS) is 1. The normalized spacial score (nSPS) is 32.2. The molecule has 0 bridgehead atoms. The van der Waals surface area contributed by atoms with E-state index < -0.39 is 23.9 Å². The number of hydrogen-bond acceptors (Lipinski definition) is 8. The summed E-state index contributed by atoms with van der Waals surface area (Å²) in [5.41, 5.74) is 0. The first-order valence-electron chi connectivity index (χ1n) is 17.6. The maximum Gasteiger partial charge on any atom is 0.311 e. The zero-order valence-corrected chi connectivity index (χ0v) is 28.8. The second-order valence-corrected chi connectivity index (χ2v) is 14.4.